The predicted octanol–water partition coefficient (Wildman–Crippen LogP) is 4.89. The molecule has 0 aliphatic rings. The van der Waals surface area contributed by atoms with Gasteiger partial charge in [0.25, 0.3) is 0 Å². The fourth-order valence-corrected chi connectivity index (χ4v) is 2.44. The SMILES string of the molecule is CCOc1ccc(NC(=S)N=Nc2c(O)[nH]c3ccc(F)cc23)cc1. The van der Waals surface area contributed by atoms with Crippen molar-refractivity contribution < 1.29 is 14.2 Å². The second-order valence-corrected chi connectivity index (χ2v) is 5.49. The van der Waals surface area contributed by atoms with E-state index in [4.69, 9.17) is 17.0 Å². The van der Waals surface area contributed by atoms with E-state index in [1.807, 2.05) is 6.92 Å². The number of anilines is 1. The molecule has 25 heavy (non-hydrogen) atoms. The van der Waals surface area contributed by atoms with Crippen molar-refractivity contribution in [3.8, 4) is 11.6 Å². The van der Waals surface area contributed by atoms with Crippen LogP contribution in [0.5, 0.6) is 11.6 Å². The Labute approximate surface area is 148 Å². The summed E-state index contributed by atoms with van der Waals surface area (Å²) in [5.41, 5.74) is 1.41. The highest BCUT2D eigenvalue weighted by Gasteiger charge is 2.11. The van der Waals surface area contributed by atoms with Crippen molar-refractivity contribution in [3.05, 3.63) is 48.3 Å². The maximum Gasteiger partial charge on any atom is 0.218 e. The number of hydrogen-bond donors (Lipinski definition) is 3. The normalized spacial score (nSPS) is 11.1. The largest absolute Gasteiger partial charge is 0.494 e. The van der Waals surface area contributed by atoms with Crippen LogP contribution in [0.3, 0.4) is 0 Å². The summed E-state index contributed by atoms with van der Waals surface area (Å²) >= 11 is 5.12. The van der Waals surface area contributed by atoms with Crippen LogP contribution >= 0.6 is 12.2 Å². The van der Waals surface area contributed by atoms with E-state index in [2.05, 4.69) is 20.5 Å². The average Bonchev–Trinajstić information content (AvgIpc) is 2.90. The number of azo groups is 1. The summed E-state index contributed by atoms with van der Waals surface area (Å²) in [5.74, 6) is 0.123. The molecule has 2 aromatic carbocycles. The predicted molar refractivity (Wildman–Crippen MR) is 98.3 cm³/mol. The Hall–Kier alpha value is -3.00. The third kappa shape index (κ3) is 3.92. The second kappa shape index (κ2) is 7.27. The van der Waals surface area contributed by atoms with E-state index in [-0.39, 0.29) is 16.7 Å². The van der Waals surface area contributed by atoms with Crippen LogP contribution in [-0.4, -0.2) is 21.8 Å². The molecule has 0 aliphatic heterocycles. The van der Waals surface area contributed by atoms with Crippen LogP contribution in [0, 0.1) is 5.82 Å². The molecule has 0 bridgehead atoms. The van der Waals surface area contributed by atoms with E-state index in [0.29, 0.717) is 17.5 Å². The number of H-pyrrole nitrogens is 1. The summed E-state index contributed by atoms with van der Waals surface area (Å²) in [5, 5.41) is 21.1. The minimum absolute atomic E-state index is 0.106. The van der Waals surface area contributed by atoms with Gasteiger partial charge >= 0.3 is 0 Å². The maximum atomic E-state index is 13.4. The van der Waals surface area contributed by atoms with Gasteiger partial charge in [0, 0.05) is 11.1 Å². The van der Waals surface area contributed by atoms with Crippen molar-refractivity contribution >= 4 is 39.6 Å². The van der Waals surface area contributed by atoms with Gasteiger partial charge in [-0.05, 0) is 61.6 Å². The molecule has 0 fully saturated rings. The van der Waals surface area contributed by atoms with Crippen molar-refractivity contribution in [1.29, 1.82) is 0 Å². The molecule has 128 valence electrons. The standard InChI is InChI=1S/C17H15FN4O2S/c1-2-24-12-6-4-11(5-7-12)19-17(25)22-21-15-13-9-10(18)3-8-14(13)20-16(15)23/h3-9,20,23H,2H2,1H3,(H,19,25). The van der Waals surface area contributed by atoms with Crippen molar-refractivity contribution in [2.24, 2.45) is 10.2 Å². The number of benzene rings is 2. The Morgan fingerprint density at radius 1 is 1.28 bits per heavy atom. The van der Waals surface area contributed by atoms with Crippen LogP contribution in [0.15, 0.2) is 52.7 Å². The van der Waals surface area contributed by atoms with Crippen LogP contribution in [0.2, 0.25) is 0 Å². The number of aromatic amines is 1. The molecule has 3 aromatic rings. The van der Waals surface area contributed by atoms with E-state index >= 15 is 0 Å². The van der Waals surface area contributed by atoms with Gasteiger partial charge in [-0.2, -0.15) is 0 Å². The third-order valence-corrected chi connectivity index (χ3v) is 3.56. The first-order chi connectivity index (χ1) is 12.1. The van der Waals surface area contributed by atoms with Crippen molar-refractivity contribution in [2.75, 3.05) is 11.9 Å². The molecule has 3 N–H and O–H groups in total. The van der Waals surface area contributed by atoms with Gasteiger partial charge < -0.3 is 20.1 Å². The molecule has 8 heteroatoms. The van der Waals surface area contributed by atoms with Gasteiger partial charge in [-0.3, -0.25) is 0 Å². The highest BCUT2D eigenvalue weighted by Crippen LogP contribution is 2.35. The molecule has 0 spiro atoms. The van der Waals surface area contributed by atoms with Gasteiger partial charge in [-0.25, -0.2) is 4.39 Å². The van der Waals surface area contributed by atoms with Crippen molar-refractivity contribution in [1.82, 2.24) is 4.98 Å². The molecular weight excluding hydrogens is 343 g/mol. The Balaban J connectivity index is 1.74. The van der Waals surface area contributed by atoms with Crippen molar-refractivity contribution in [2.45, 2.75) is 6.92 Å². The van der Waals surface area contributed by atoms with Crippen molar-refractivity contribution in [3.63, 3.8) is 0 Å². The third-order valence-electron chi connectivity index (χ3n) is 3.37. The Morgan fingerprint density at radius 3 is 2.76 bits per heavy atom. The second-order valence-electron chi connectivity index (χ2n) is 5.10. The lowest BCUT2D eigenvalue weighted by atomic mass is 10.2. The van der Waals surface area contributed by atoms with Gasteiger partial charge in [-0.1, -0.05) is 0 Å². The molecule has 0 saturated heterocycles. The zero-order chi connectivity index (χ0) is 17.8. The van der Waals surface area contributed by atoms with Gasteiger partial charge in [0.05, 0.1) is 12.1 Å². The minimum Gasteiger partial charge on any atom is -0.494 e. The van der Waals surface area contributed by atoms with E-state index < -0.39 is 5.82 Å². The lowest BCUT2D eigenvalue weighted by molar-refractivity contribution is 0.340. The van der Waals surface area contributed by atoms with E-state index in [9.17, 15) is 9.50 Å². The zero-order valence-corrected chi connectivity index (χ0v) is 14.1. The summed E-state index contributed by atoms with van der Waals surface area (Å²) in [7, 11) is 0. The lowest BCUT2D eigenvalue weighted by Crippen LogP contribution is -2.04. The number of fused-ring (bicyclic) bond motifs is 1. The number of aromatic nitrogens is 1. The van der Waals surface area contributed by atoms with Gasteiger partial charge in [0.2, 0.25) is 11.0 Å². The molecule has 0 radical (unpaired) electrons. The summed E-state index contributed by atoms with van der Waals surface area (Å²) < 4.78 is 18.7. The zero-order valence-electron chi connectivity index (χ0n) is 13.3. The molecule has 6 nitrogen and oxygen atoms in total. The molecule has 0 saturated carbocycles. The van der Waals surface area contributed by atoms with Crippen LogP contribution < -0.4 is 10.1 Å². The highest BCUT2D eigenvalue weighted by molar-refractivity contribution is 7.80. The fourth-order valence-electron chi connectivity index (χ4n) is 2.28. The first kappa shape index (κ1) is 16.8. The molecule has 0 aliphatic carbocycles. The molecule has 0 amide bonds. The average molecular weight is 358 g/mol. The lowest BCUT2D eigenvalue weighted by Gasteiger charge is -2.05. The van der Waals surface area contributed by atoms with Crippen LogP contribution in [0.4, 0.5) is 15.8 Å². The Morgan fingerprint density at radius 2 is 2.04 bits per heavy atom. The number of aromatic hydroxyl groups is 1. The molecule has 0 atom stereocenters. The number of nitrogens with one attached hydrogen (secondary N) is 2. The number of halogens is 1. The van der Waals surface area contributed by atoms with Crippen LogP contribution in [-0.2, 0) is 0 Å². The topological polar surface area (TPSA) is 82.0 Å². The summed E-state index contributed by atoms with van der Waals surface area (Å²) in [6.07, 6.45) is 0. The quantitative estimate of drug-likeness (QED) is 0.458. The van der Waals surface area contributed by atoms with Gasteiger partial charge in [0.15, 0.2) is 5.69 Å². The molecule has 1 heterocycles. The minimum atomic E-state index is -0.432. The number of hydrogen-bond acceptors (Lipinski definition) is 4. The number of rotatable bonds is 4. The van der Waals surface area contributed by atoms with E-state index in [0.717, 1.165) is 11.4 Å². The number of nitrogens with zero attached hydrogens (tertiary/aromatic N) is 2. The van der Waals surface area contributed by atoms with E-state index in [1.165, 1.54) is 18.2 Å². The van der Waals surface area contributed by atoms with Crippen LogP contribution in [0.1, 0.15) is 6.92 Å². The van der Waals surface area contributed by atoms with Gasteiger partial charge in [-0.15, -0.1) is 10.2 Å². The smallest absolute Gasteiger partial charge is 0.218 e. The molecular formula is C17H15FN4O2S. The van der Waals surface area contributed by atoms with Crippen LogP contribution in [0.25, 0.3) is 10.9 Å². The number of thiocarbonyl (C=S) groups is 1. The summed E-state index contributed by atoms with van der Waals surface area (Å²) in [4.78, 5) is 2.70. The molecule has 0 unspecified atom stereocenters. The Kier molecular flexibility index (Phi) is 4.90. The maximum absolute atomic E-state index is 13.4. The molecule has 3 rings (SSSR count). The monoisotopic (exact) mass is 358 g/mol. The van der Waals surface area contributed by atoms with Gasteiger partial charge in [0.1, 0.15) is 11.6 Å². The first-order valence-corrected chi connectivity index (χ1v) is 7.93. The summed E-state index contributed by atoms with van der Waals surface area (Å²) in [6, 6.07) is 11.3. The number of ether oxygens (including phenoxy) is 1. The fraction of sp³-hybridized carbons (Fsp3) is 0.118. The highest BCUT2D eigenvalue weighted by atomic mass is 32.1. The first-order valence-electron chi connectivity index (χ1n) is 7.52. The van der Waals surface area contributed by atoms with E-state index in [1.54, 1.807) is 24.3 Å². The summed E-state index contributed by atoms with van der Waals surface area (Å²) in [6.45, 7) is 2.50. The molecule has 1 aromatic heterocycles. The Bertz CT molecular complexity index is 938.